The molecule has 32 heavy (non-hydrogen) atoms. The summed E-state index contributed by atoms with van der Waals surface area (Å²) >= 11 is 7.72. The number of ketones is 1. The van der Waals surface area contributed by atoms with Crippen molar-refractivity contribution >= 4 is 35.1 Å². The van der Waals surface area contributed by atoms with E-state index in [2.05, 4.69) is 24.1 Å². The Kier molecular flexibility index (Phi) is 5.34. The number of thioether (sulfide) groups is 1. The van der Waals surface area contributed by atoms with Gasteiger partial charge < -0.3 is 5.32 Å². The highest BCUT2D eigenvalue weighted by atomic mass is 35.5. The van der Waals surface area contributed by atoms with E-state index in [4.69, 9.17) is 16.7 Å². The largest absolute Gasteiger partial charge is 0.328 e. The third kappa shape index (κ3) is 4.07. The minimum Gasteiger partial charge on any atom is -0.328 e. The number of aromatic nitrogens is 3. The van der Waals surface area contributed by atoms with E-state index in [0.717, 1.165) is 28.8 Å². The summed E-state index contributed by atoms with van der Waals surface area (Å²) in [4.78, 5) is 17.9. The first-order chi connectivity index (χ1) is 15.3. The molecule has 5 nitrogen and oxygen atoms in total. The molecule has 0 radical (unpaired) electrons. The van der Waals surface area contributed by atoms with Crippen LogP contribution in [0.4, 0.5) is 10.3 Å². The third-order valence-electron chi connectivity index (χ3n) is 5.73. The Balaban J connectivity index is 1.53. The summed E-state index contributed by atoms with van der Waals surface area (Å²) < 4.78 is 15.3. The fourth-order valence-electron chi connectivity index (χ4n) is 4.41. The molecule has 8 heteroatoms. The molecule has 0 saturated carbocycles. The number of fused-ring (bicyclic) bond motifs is 1. The first-order valence-electron chi connectivity index (χ1n) is 10.4. The van der Waals surface area contributed by atoms with Crippen LogP contribution in [0.5, 0.6) is 0 Å². The molecule has 1 aliphatic heterocycles. The zero-order chi connectivity index (χ0) is 22.5. The average molecular weight is 469 g/mol. The number of nitrogens with zero attached hydrogens (tertiary/aromatic N) is 3. The van der Waals surface area contributed by atoms with E-state index in [1.54, 1.807) is 10.7 Å². The summed E-state index contributed by atoms with van der Waals surface area (Å²) in [6.07, 6.45) is 1.24. The number of benzene rings is 2. The molecule has 0 unspecified atom stereocenters. The number of carbonyl (C=O) groups is 1. The molecule has 0 bridgehead atoms. The second kappa shape index (κ2) is 8.05. The highest BCUT2D eigenvalue weighted by Crippen LogP contribution is 2.46. The average Bonchev–Trinajstić information content (AvgIpc) is 3.12. The molecule has 5 rings (SSSR count). The van der Waals surface area contributed by atoms with Crippen molar-refractivity contribution in [1.29, 1.82) is 0 Å². The van der Waals surface area contributed by atoms with Gasteiger partial charge in [-0.05, 0) is 47.2 Å². The molecular weight excluding hydrogens is 447 g/mol. The quantitative estimate of drug-likeness (QED) is 0.474. The maximum Gasteiger partial charge on any atom is 0.227 e. The molecule has 0 amide bonds. The molecule has 164 valence electrons. The van der Waals surface area contributed by atoms with E-state index in [-0.39, 0.29) is 23.1 Å². The van der Waals surface area contributed by atoms with Crippen molar-refractivity contribution in [1.82, 2.24) is 14.8 Å². The summed E-state index contributed by atoms with van der Waals surface area (Å²) in [5.41, 5.74) is 3.26. The van der Waals surface area contributed by atoms with E-state index in [1.165, 1.54) is 23.9 Å². The molecule has 1 aromatic heterocycles. The van der Waals surface area contributed by atoms with Crippen LogP contribution in [0, 0.1) is 11.2 Å². The predicted molar refractivity (Wildman–Crippen MR) is 124 cm³/mol. The van der Waals surface area contributed by atoms with Crippen molar-refractivity contribution in [2.24, 2.45) is 5.41 Å². The van der Waals surface area contributed by atoms with Crippen molar-refractivity contribution in [3.63, 3.8) is 0 Å². The van der Waals surface area contributed by atoms with Gasteiger partial charge in [-0.3, -0.25) is 4.79 Å². The summed E-state index contributed by atoms with van der Waals surface area (Å²) in [6.45, 7) is 4.20. The molecule has 2 aliphatic rings. The molecule has 0 fully saturated rings. The van der Waals surface area contributed by atoms with Crippen molar-refractivity contribution in [2.75, 3.05) is 5.32 Å². The highest BCUT2D eigenvalue weighted by Gasteiger charge is 2.41. The molecule has 3 aromatic rings. The number of carbonyl (C=O) groups excluding carboxylic acids is 1. The van der Waals surface area contributed by atoms with Crippen LogP contribution in [0.15, 0.2) is 65.0 Å². The molecule has 2 aromatic carbocycles. The Morgan fingerprint density at radius 3 is 2.81 bits per heavy atom. The van der Waals surface area contributed by atoms with Gasteiger partial charge in [-0.15, -0.1) is 5.10 Å². The Hall–Kier alpha value is -2.64. The van der Waals surface area contributed by atoms with Crippen LogP contribution in [-0.2, 0) is 10.5 Å². The van der Waals surface area contributed by atoms with Gasteiger partial charge in [-0.1, -0.05) is 61.5 Å². The van der Waals surface area contributed by atoms with E-state index in [9.17, 15) is 9.18 Å². The fraction of sp³-hybridized carbons (Fsp3) is 0.292. The van der Waals surface area contributed by atoms with Gasteiger partial charge in [-0.2, -0.15) is 4.98 Å². The van der Waals surface area contributed by atoms with Crippen LogP contribution in [0.2, 0.25) is 5.02 Å². The van der Waals surface area contributed by atoms with Gasteiger partial charge in [0.05, 0.1) is 0 Å². The minimum atomic E-state index is -0.389. The molecule has 1 atom stereocenters. The lowest BCUT2D eigenvalue weighted by molar-refractivity contribution is -0.118. The van der Waals surface area contributed by atoms with Gasteiger partial charge in [0, 0.05) is 28.5 Å². The van der Waals surface area contributed by atoms with E-state index in [1.807, 2.05) is 30.3 Å². The maximum atomic E-state index is 13.5. The number of hydrogen-bond acceptors (Lipinski definition) is 5. The van der Waals surface area contributed by atoms with E-state index in [0.29, 0.717) is 28.3 Å². The first kappa shape index (κ1) is 21.2. The maximum absolute atomic E-state index is 13.5. The van der Waals surface area contributed by atoms with Gasteiger partial charge in [-0.25, -0.2) is 9.07 Å². The van der Waals surface area contributed by atoms with Crippen LogP contribution in [-0.4, -0.2) is 20.5 Å². The lowest BCUT2D eigenvalue weighted by atomic mass is 9.73. The Bertz CT molecular complexity index is 1250. The Labute approximate surface area is 195 Å². The number of allylic oxidation sites excluding steroid dienone is 2. The third-order valence-corrected chi connectivity index (χ3v) is 6.88. The number of hydrogen-bond donors (Lipinski definition) is 1. The Morgan fingerprint density at radius 1 is 1.22 bits per heavy atom. The molecule has 2 heterocycles. The predicted octanol–water partition coefficient (Wildman–Crippen LogP) is 6.02. The number of anilines is 1. The van der Waals surface area contributed by atoms with Crippen LogP contribution in [0.25, 0.3) is 0 Å². The monoisotopic (exact) mass is 468 g/mol. The molecular formula is C24H22ClFN4OS. The number of Topliss-reactive ketones (excluding diaryl/α,β-unsaturated/α-hetero) is 1. The molecule has 0 spiro atoms. The van der Waals surface area contributed by atoms with Gasteiger partial charge in [0.1, 0.15) is 11.9 Å². The topological polar surface area (TPSA) is 59.8 Å². The number of halogens is 2. The lowest BCUT2D eigenvalue weighted by Gasteiger charge is -2.38. The number of rotatable bonds is 4. The second-order valence-electron chi connectivity index (χ2n) is 9.00. The summed E-state index contributed by atoms with van der Waals surface area (Å²) in [6, 6.07) is 13.7. The zero-order valence-corrected chi connectivity index (χ0v) is 19.3. The molecule has 1 N–H and O–H groups in total. The van der Waals surface area contributed by atoms with Gasteiger partial charge in [0.2, 0.25) is 11.1 Å². The zero-order valence-electron chi connectivity index (χ0n) is 17.7. The van der Waals surface area contributed by atoms with E-state index < -0.39 is 0 Å². The van der Waals surface area contributed by atoms with Gasteiger partial charge >= 0.3 is 0 Å². The Morgan fingerprint density at radius 2 is 2.03 bits per heavy atom. The normalized spacial score (nSPS) is 19.4. The smallest absolute Gasteiger partial charge is 0.227 e. The second-order valence-corrected chi connectivity index (χ2v) is 10.4. The fourth-order valence-corrected chi connectivity index (χ4v) is 5.38. The van der Waals surface area contributed by atoms with E-state index >= 15 is 0 Å². The van der Waals surface area contributed by atoms with Crippen LogP contribution in [0.1, 0.15) is 43.9 Å². The van der Waals surface area contributed by atoms with Gasteiger partial charge in [0.25, 0.3) is 0 Å². The van der Waals surface area contributed by atoms with Crippen molar-refractivity contribution < 1.29 is 9.18 Å². The minimum absolute atomic E-state index is 0.115. The van der Waals surface area contributed by atoms with Crippen LogP contribution in [0.3, 0.4) is 0 Å². The molecule has 1 aliphatic carbocycles. The van der Waals surface area contributed by atoms with Crippen LogP contribution >= 0.6 is 23.4 Å². The summed E-state index contributed by atoms with van der Waals surface area (Å²) in [7, 11) is 0. The lowest BCUT2D eigenvalue weighted by Crippen LogP contribution is -2.36. The van der Waals surface area contributed by atoms with Crippen molar-refractivity contribution in [3.8, 4) is 0 Å². The first-order valence-corrected chi connectivity index (χ1v) is 11.8. The van der Waals surface area contributed by atoms with Crippen molar-refractivity contribution in [2.45, 2.75) is 43.6 Å². The summed E-state index contributed by atoms with van der Waals surface area (Å²) in [5.74, 6) is 0.994. The van der Waals surface area contributed by atoms with Gasteiger partial charge in [0.15, 0.2) is 5.78 Å². The van der Waals surface area contributed by atoms with Crippen molar-refractivity contribution in [3.05, 3.63) is 81.8 Å². The number of nitrogens with one attached hydrogen (secondary N) is 1. The molecule has 0 saturated heterocycles. The SMILES string of the molecule is CC1(C)CC(=O)C2=C(C1)Nc1nc(SCc3cccc(F)c3)nn1[C@@H]2c1cccc(Cl)c1. The van der Waals surface area contributed by atoms with Crippen LogP contribution < -0.4 is 5.32 Å². The summed E-state index contributed by atoms with van der Waals surface area (Å²) in [5, 5.41) is 9.26. The highest BCUT2D eigenvalue weighted by molar-refractivity contribution is 7.98. The standard InChI is InChI=1S/C24H22ClFN4OS/c1-24(2)11-18-20(19(31)12-24)21(15-6-4-7-16(25)10-15)30-22(27-18)28-23(29-30)32-13-14-5-3-8-17(26)9-14/h3-10,21H,11-13H2,1-2H3,(H,27,28,29)/t21-/m1/s1.